The topological polar surface area (TPSA) is 46.6 Å². The van der Waals surface area contributed by atoms with Crippen molar-refractivity contribution in [2.24, 2.45) is 5.41 Å². The Morgan fingerprint density at radius 3 is 2.56 bits per heavy atom. The first-order chi connectivity index (χ1) is 16.6. The molecule has 5 heteroatoms. The van der Waals surface area contributed by atoms with Crippen LogP contribution < -0.4 is 4.74 Å². The number of para-hydroxylation sites is 1. The molecular formula is C29H30ClNO3. The maximum absolute atomic E-state index is 13.4. The van der Waals surface area contributed by atoms with Crippen LogP contribution in [0.1, 0.15) is 48.0 Å². The molecule has 2 aliphatic heterocycles. The van der Waals surface area contributed by atoms with E-state index in [0.29, 0.717) is 18.6 Å². The van der Waals surface area contributed by atoms with E-state index < -0.39 is 0 Å². The Morgan fingerprint density at radius 1 is 1.03 bits per heavy atom. The van der Waals surface area contributed by atoms with Gasteiger partial charge in [-0.15, -0.1) is 11.6 Å². The van der Waals surface area contributed by atoms with E-state index in [9.17, 15) is 9.59 Å². The van der Waals surface area contributed by atoms with Crippen LogP contribution in [0.4, 0.5) is 0 Å². The van der Waals surface area contributed by atoms with Gasteiger partial charge in [-0.25, -0.2) is 0 Å². The molecule has 1 unspecified atom stereocenters. The van der Waals surface area contributed by atoms with Crippen LogP contribution in [0.15, 0.2) is 78.1 Å². The predicted octanol–water partition coefficient (Wildman–Crippen LogP) is 5.76. The molecule has 176 valence electrons. The van der Waals surface area contributed by atoms with Crippen molar-refractivity contribution in [2.45, 2.75) is 43.9 Å². The number of rotatable bonds is 6. The lowest BCUT2D eigenvalue weighted by atomic mass is 9.65. The van der Waals surface area contributed by atoms with Crippen molar-refractivity contribution in [3.05, 3.63) is 89.2 Å². The van der Waals surface area contributed by atoms with Crippen molar-refractivity contribution in [3.63, 3.8) is 0 Å². The molecule has 0 bridgehead atoms. The van der Waals surface area contributed by atoms with Crippen LogP contribution in [0.3, 0.4) is 0 Å². The number of alkyl halides is 1. The van der Waals surface area contributed by atoms with Crippen molar-refractivity contribution in [2.75, 3.05) is 19.6 Å². The number of hydrogen-bond donors (Lipinski definition) is 0. The lowest BCUT2D eigenvalue weighted by Crippen LogP contribution is -2.48. The Bertz CT molecular complexity index is 1130. The Hall–Kier alpha value is -2.69. The predicted molar refractivity (Wildman–Crippen MR) is 134 cm³/mol. The summed E-state index contributed by atoms with van der Waals surface area (Å²) in [5.41, 5.74) is 2.12. The average Bonchev–Trinajstić information content (AvgIpc) is 3.01. The SMILES string of the molecule is O=C1Cc2ccccc2OC2=C1C1(CCN(CCCCC(=O)c3ccccc3)CC1)C(Cl)C=C2. The summed E-state index contributed by atoms with van der Waals surface area (Å²) in [6.07, 6.45) is 8.35. The number of carbonyl (C=O) groups excluding carboxylic acids is 2. The third-order valence-corrected chi connectivity index (χ3v) is 8.05. The van der Waals surface area contributed by atoms with Crippen LogP contribution in [-0.4, -0.2) is 41.5 Å². The minimum absolute atomic E-state index is 0.128. The monoisotopic (exact) mass is 475 g/mol. The van der Waals surface area contributed by atoms with Gasteiger partial charge in [0.15, 0.2) is 11.6 Å². The summed E-state index contributed by atoms with van der Waals surface area (Å²) in [6, 6.07) is 17.3. The fraction of sp³-hybridized carbons (Fsp3) is 0.379. The first kappa shape index (κ1) is 23.1. The van der Waals surface area contributed by atoms with Crippen molar-refractivity contribution in [1.82, 2.24) is 4.90 Å². The van der Waals surface area contributed by atoms with E-state index in [-0.39, 0.29) is 22.4 Å². The van der Waals surface area contributed by atoms with E-state index >= 15 is 0 Å². The largest absolute Gasteiger partial charge is 0.457 e. The molecule has 5 rings (SSSR count). The number of ketones is 2. The van der Waals surface area contributed by atoms with Crippen molar-refractivity contribution in [3.8, 4) is 5.75 Å². The molecule has 2 aromatic rings. The highest BCUT2D eigenvalue weighted by Crippen LogP contribution is 2.50. The molecule has 3 aliphatic rings. The van der Waals surface area contributed by atoms with Gasteiger partial charge in [-0.05, 0) is 57.5 Å². The highest BCUT2D eigenvalue weighted by molar-refractivity contribution is 6.23. The number of nitrogens with zero attached hydrogens (tertiary/aromatic N) is 1. The number of halogens is 1. The molecule has 2 heterocycles. The number of piperidine rings is 1. The van der Waals surface area contributed by atoms with Gasteiger partial charge in [0.1, 0.15) is 11.5 Å². The maximum Gasteiger partial charge on any atom is 0.167 e. The van der Waals surface area contributed by atoms with E-state index in [0.717, 1.165) is 67.8 Å². The van der Waals surface area contributed by atoms with Gasteiger partial charge in [0.2, 0.25) is 0 Å². The van der Waals surface area contributed by atoms with Gasteiger partial charge in [0.25, 0.3) is 0 Å². The zero-order valence-corrected chi connectivity index (χ0v) is 20.1. The number of unbranched alkanes of at least 4 members (excludes halogenated alkanes) is 1. The molecule has 34 heavy (non-hydrogen) atoms. The van der Waals surface area contributed by atoms with Crippen LogP contribution in [-0.2, 0) is 11.2 Å². The number of ether oxygens (including phenoxy) is 1. The fourth-order valence-electron chi connectivity index (χ4n) is 5.54. The molecule has 1 fully saturated rings. The molecule has 2 aromatic carbocycles. The number of likely N-dealkylation sites (tertiary alicyclic amines) is 1. The molecule has 0 aromatic heterocycles. The van der Waals surface area contributed by atoms with Gasteiger partial charge >= 0.3 is 0 Å². The van der Waals surface area contributed by atoms with Gasteiger partial charge in [-0.3, -0.25) is 9.59 Å². The maximum atomic E-state index is 13.4. The second kappa shape index (κ2) is 9.89. The van der Waals surface area contributed by atoms with Crippen LogP contribution in [0.25, 0.3) is 0 Å². The third-order valence-electron chi connectivity index (χ3n) is 7.48. The van der Waals surface area contributed by atoms with Crippen molar-refractivity contribution in [1.29, 1.82) is 0 Å². The van der Waals surface area contributed by atoms with Gasteiger partial charge in [-0.1, -0.05) is 54.6 Å². The molecule has 1 spiro atoms. The number of hydrogen-bond acceptors (Lipinski definition) is 4. The smallest absolute Gasteiger partial charge is 0.167 e. The summed E-state index contributed by atoms with van der Waals surface area (Å²) >= 11 is 6.88. The first-order valence-corrected chi connectivity index (χ1v) is 12.7. The van der Waals surface area contributed by atoms with Gasteiger partial charge in [0.05, 0.1) is 5.38 Å². The zero-order valence-electron chi connectivity index (χ0n) is 19.3. The Morgan fingerprint density at radius 2 is 1.76 bits per heavy atom. The Kier molecular flexibility index (Phi) is 6.71. The summed E-state index contributed by atoms with van der Waals surface area (Å²) in [4.78, 5) is 28.2. The molecular weight excluding hydrogens is 446 g/mol. The van der Waals surface area contributed by atoms with Crippen molar-refractivity contribution < 1.29 is 14.3 Å². The highest BCUT2D eigenvalue weighted by Gasteiger charge is 2.49. The summed E-state index contributed by atoms with van der Waals surface area (Å²) in [5, 5.41) is -0.217. The average molecular weight is 476 g/mol. The third kappa shape index (κ3) is 4.49. The Labute approximate surface area is 206 Å². The second-order valence-corrected chi connectivity index (χ2v) is 10.0. The minimum atomic E-state index is -0.384. The zero-order chi connectivity index (χ0) is 23.5. The van der Waals surface area contributed by atoms with Crippen molar-refractivity contribution >= 4 is 23.2 Å². The minimum Gasteiger partial charge on any atom is -0.457 e. The van der Waals surface area contributed by atoms with E-state index in [1.165, 1.54) is 0 Å². The molecule has 0 N–H and O–H groups in total. The number of carbonyl (C=O) groups is 2. The summed E-state index contributed by atoms with van der Waals surface area (Å²) in [6.45, 7) is 2.74. The first-order valence-electron chi connectivity index (χ1n) is 12.2. The van der Waals surface area contributed by atoms with Crippen LogP contribution in [0, 0.1) is 5.41 Å². The lowest BCUT2D eigenvalue weighted by Gasteiger charge is -2.46. The number of allylic oxidation sites excluding steroid dienone is 3. The molecule has 4 nitrogen and oxygen atoms in total. The normalized spacial score (nSPS) is 21.6. The molecule has 0 saturated carbocycles. The van der Waals surface area contributed by atoms with Crippen LogP contribution in [0.2, 0.25) is 0 Å². The summed E-state index contributed by atoms with van der Waals surface area (Å²) in [5.74, 6) is 1.77. The molecule has 0 radical (unpaired) electrons. The van der Waals surface area contributed by atoms with Gasteiger partial charge in [-0.2, -0.15) is 0 Å². The highest BCUT2D eigenvalue weighted by atomic mass is 35.5. The lowest BCUT2D eigenvalue weighted by molar-refractivity contribution is -0.116. The fourth-order valence-corrected chi connectivity index (χ4v) is 5.94. The molecule has 0 amide bonds. The molecule has 1 saturated heterocycles. The second-order valence-electron chi connectivity index (χ2n) is 9.55. The van der Waals surface area contributed by atoms with Crippen LogP contribution >= 0.6 is 11.6 Å². The number of Topliss-reactive ketones (excluding diaryl/α,β-unsaturated/α-hetero) is 2. The molecule has 1 aliphatic carbocycles. The summed E-state index contributed by atoms with van der Waals surface area (Å²) < 4.78 is 6.24. The summed E-state index contributed by atoms with van der Waals surface area (Å²) in [7, 11) is 0. The van der Waals surface area contributed by atoms with Gasteiger partial charge in [0, 0.05) is 35.0 Å². The van der Waals surface area contributed by atoms with E-state index in [1.807, 2.05) is 66.7 Å². The quantitative estimate of drug-likeness (QED) is 0.303. The van der Waals surface area contributed by atoms with E-state index in [4.69, 9.17) is 16.3 Å². The van der Waals surface area contributed by atoms with E-state index in [1.54, 1.807) is 0 Å². The Balaban J connectivity index is 1.20. The van der Waals surface area contributed by atoms with Gasteiger partial charge < -0.3 is 9.64 Å². The standard InChI is InChI=1S/C29H30ClNO3/c30-27-14-13-26-28(24(33)20-22-10-4-5-12-25(22)34-26)29(27)15-18-31(19-16-29)17-7-6-11-23(32)21-8-2-1-3-9-21/h1-5,8-10,12-14,27H,6-7,11,15-20H2. The number of benzene rings is 2. The van der Waals surface area contributed by atoms with E-state index in [2.05, 4.69) is 4.90 Å². The molecule has 1 atom stereocenters. The number of fused-ring (bicyclic) bond motifs is 2. The van der Waals surface area contributed by atoms with Crippen LogP contribution in [0.5, 0.6) is 5.75 Å².